The molecule has 1 atom stereocenters. The molecule has 0 aliphatic carbocycles. The maximum atomic E-state index is 11.9. The van der Waals surface area contributed by atoms with Crippen molar-refractivity contribution in [1.29, 1.82) is 0 Å². The van der Waals surface area contributed by atoms with Gasteiger partial charge >= 0.3 is 0 Å². The molecule has 1 aromatic heterocycles. The van der Waals surface area contributed by atoms with Crippen molar-refractivity contribution < 1.29 is 9.32 Å². The highest BCUT2D eigenvalue weighted by Crippen LogP contribution is 2.10. The van der Waals surface area contributed by atoms with Crippen molar-refractivity contribution in [1.82, 2.24) is 25.7 Å². The van der Waals surface area contributed by atoms with Gasteiger partial charge in [-0.25, -0.2) is 0 Å². The van der Waals surface area contributed by atoms with Gasteiger partial charge in [0.2, 0.25) is 11.8 Å². The molecule has 2 rings (SSSR count). The normalized spacial score (nSPS) is 20.0. The second-order valence-corrected chi connectivity index (χ2v) is 5.01. The lowest BCUT2D eigenvalue weighted by molar-refractivity contribution is -0.126. The Morgan fingerprint density at radius 2 is 2.45 bits per heavy atom. The fraction of sp³-hybridized carbons (Fsp3) is 0.769. The summed E-state index contributed by atoms with van der Waals surface area (Å²) >= 11 is 0. The molecule has 7 heteroatoms. The van der Waals surface area contributed by atoms with E-state index in [2.05, 4.69) is 32.6 Å². The van der Waals surface area contributed by atoms with Gasteiger partial charge in [-0.3, -0.25) is 9.69 Å². The first kappa shape index (κ1) is 14.9. The standard InChI is InChI=1S/C13H23N5O2/c1-3-4-5-11-16-12(20-17-11)9-18-7-6-15-8-10(18)13(19)14-2/h10,15H,3-9H2,1-2H3,(H,14,19). The molecule has 0 radical (unpaired) electrons. The van der Waals surface area contributed by atoms with Crippen molar-refractivity contribution in [2.24, 2.45) is 0 Å². The number of piperazine rings is 1. The Hall–Kier alpha value is -1.47. The lowest BCUT2D eigenvalue weighted by Gasteiger charge is -2.33. The molecular weight excluding hydrogens is 258 g/mol. The lowest BCUT2D eigenvalue weighted by Crippen LogP contribution is -2.56. The Balaban J connectivity index is 1.96. The Labute approximate surface area is 119 Å². The van der Waals surface area contributed by atoms with Crippen molar-refractivity contribution in [3.05, 3.63) is 11.7 Å². The van der Waals surface area contributed by atoms with Crippen molar-refractivity contribution in [2.45, 2.75) is 38.8 Å². The summed E-state index contributed by atoms with van der Waals surface area (Å²) in [6.07, 6.45) is 3.02. The van der Waals surface area contributed by atoms with E-state index in [-0.39, 0.29) is 11.9 Å². The molecule has 7 nitrogen and oxygen atoms in total. The molecule has 1 aliphatic rings. The Morgan fingerprint density at radius 3 is 3.20 bits per heavy atom. The van der Waals surface area contributed by atoms with Gasteiger partial charge < -0.3 is 15.2 Å². The van der Waals surface area contributed by atoms with Gasteiger partial charge in [-0.1, -0.05) is 18.5 Å². The lowest BCUT2D eigenvalue weighted by atomic mass is 10.2. The number of aromatic nitrogens is 2. The average Bonchev–Trinajstić information content (AvgIpc) is 2.92. The third kappa shape index (κ3) is 3.77. The zero-order valence-electron chi connectivity index (χ0n) is 12.2. The quantitative estimate of drug-likeness (QED) is 0.759. The maximum Gasteiger partial charge on any atom is 0.240 e. The van der Waals surface area contributed by atoms with Crippen LogP contribution in [-0.4, -0.2) is 53.7 Å². The van der Waals surface area contributed by atoms with Gasteiger partial charge in [0.15, 0.2) is 5.82 Å². The van der Waals surface area contributed by atoms with Crippen molar-refractivity contribution in [2.75, 3.05) is 26.7 Å². The molecule has 1 aromatic rings. The summed E-state index contributed by atoms with van der Waals surface area (Å²) in [4.78, 5) is 18.3. The van der Waals surface area contributed by atoms with E-state index in [1.165, 1.54) is 0 Å². The van der Waals surface area contributed by atoms with Crippen molar-refractivity contribution in [3.63, 3.8) is 0 Å². The minimum Gasteiger partial charge on any atom is -0.358 e. The van der Waals surface area contributed by atoms with Crippen LogP contribution in [0.2, 0.25) is 0 Å². The molecule has 1 aliphatic heterocycles. The molecule has 1 fully saturated rings. The van der Waals surface area contributed by atoms with Crippen LogP contribution in [0.4, 0.5) is 0 Å². The fourth-order valence-electron chi connectivity index (χ4n) is 2.33. The number of carbonyl (C=O) groups excluding carboxylic acids is 1. The molecule has 1 saturated heterocycles. The molecule has 0 aromatic carbocycles. The Morgan fingerprint density at radius 1 is 1.60 bits per heavy atom. The molecule has 112 valence electrons. The molecule has 0 bridgehead atoms. The van der Waals surface area contributed by atoms with Crippen molar-refractivity contribution in [3.8, 4) is 0 Å². The van der Waals surface area contributed by atoms with Crippen LogP contribution in [0.25, 0.3) is 0 Å². The highest BCUT2D eigenvalue weighted by molar-refractivity contribution is 5.81. The van der Waals surface area contributed by atoms with Crippen LogP contribution in [0.15, 0.2) is 4.52 Å². The number of nitrogens with zero attached hydrogens (tertiary/aromatic N) is 3. The second-order valence-electron chi connectivity index (χ2n) is 5.01. The van der Waals surface area contributed by atoms with Gasteiger partial charge in [0.1, 0.15) is 6.04 Å². The summed E-state index contributed by atoms with van der Waals surface area (Å²) in [6.45, 7) is 4.97. The zero-order chi connectivity index (χ0) is 14.4. The van der Waals surface area contributed by atoms with E-state index in [9.17, 15) is 4.79 Å². The molecule has 0 saturated carbocycles. The third-order valence-corrected chi connectivity index (χ3v) is 3.51. The smallest absolute Gasteiger partial charge is 0.240 e. The number of unbranched alkanes of at least 4 members (excludes halogenated alkanes) is 1. The highest BCUT2D eigenvalue weighted by Gasteiger charge is 2.29. The number of likely N-dealkylation sites (N-methyl/N-ethyl adjacent to an activating group) is 1. The Kier molecular flexibility index (Phi) is 5.49. The number of amides is 1. The van der Waals surface area contributed by atoms with E-state index in [1.807, 2.05) is 0 Å². The van der Waals surface area contributed by atoms with E-state index in [1.54, 1.807) is 7.05 Å². The summed E-state index contributed by atoms with van der Waals surface area (Å²) in [7, 11) is 1.66. The van der Waals surface area contributed by atoms with E-state index in [0.717, 1.165) is 38.2 Å². The molecule has 2 N–H and O–H groups in total. The highest BCUT2D eigenvalue weighted by atomic mass is 16.5. The van der Waals surface area contributed by atoms with Gasteiger partial charge in [0, 0.05) is 33.1 Å². The van der Waals surface area contributed by atoms with E-state index < -0.39 is 0 Å². The average molecular weight is 281 g/mol. The first-order chi connectivity index (χ1) is 9.74. The third-order valence-electron chi connectivity index (χ3n) is 3.51. The number of carbonyl (C=O) groups is 1. The predicted octanol–water partition coefficient (Wildman–Crippen LogP) is -0.0680. The van der Waals surface area contributed by atoms with Gasteiger partial charge in [-0.05, 0) is 6.42 Å². The Bertz CT molecular complexity index is 434. The molecule has 20 heavy (non-hydrogen) atoms. The number of hydrogen-bond acceptors (Lipinski definition) is 6. The van der Waals surface area contributed by atoms with Crippen LogP contribution in [0.3, 0.4) is 0 Å². The summed E-state index contributed by atoms with van der Waals surface area (Å²) in [6, 6.07) is -0.181. The second kappa shape index (κ2) is 7.35. The number of hydrogen-bond donors (Lipinski definition) is 2. The number of aryl methyl sites for hydroxylation is 1. The topological polar surface area (TPSA) is 83.3 Å². The fourth-order valence-corrected chi connectivity index (χ4v) is 2.33. The van der Waals surface area contributed by atoms with Crippen LogP contribution in [0.5, 0.6) is 0 Å². The number of nitrogens with one attached hydrogen (secondary N) is 2. The van der Waals surface area contributed by atoms with Gasteiger partial charge in [-0.15, -0.1) is 0 Å². The predicted molar refractivity (Wildman–Crippen MR) is 74.0 cm³/mol. The summed E-state index contributed by atoms with van der Waals surface area (Å²) < 4.78 is 5.27. The minimum atomic E-state index is -0.181. The van der Waals surface area contributed by atoms with Crippen LogP contribution in [0, 0.1) is 0 Å². The maximum absolute atomic E-state index is 11.9. The van der Waals surface area contributed by atoms with Gasteiger partial charge in [-0.2, -0.15) is 4.98 Å². The number of rotatable bonds is 6. The summed E-state index contributed by atoms with van der Waals surface area (Å²) in [5.74, 6) is 1.36. The monoisotopic (exact) mass is 281 g/mol. The molecule has 2 heterocycles. The first-order valence-corrected chi connectivity index (χ1v) is 7.22. The summed E-state index contributed by atoms with van der Waals surface area (Å²) in [5.41, 5.74) is 0. The van der Waals surface area contributed by atoms with E-state index in [4.69, 9.17) is 4.52 Å². The van der Waals surface area contributed by atoms with Crippen LogP contribution < -0.4 is 10.6 Å². The van der Waals surface area contributed by atoms with E-state index >= 15 is 0 Å². The van der Waals surface area contributed by atoms with Crippen LogP contribution >= 0.6 is 0 Å². The first-order valence-electron chi connectivity index (χ1n) is 7.22. The largest absolute Gasteiger partial charge is 0.358 e. The van der Waals surface area contributed by atoms with Gasteiger partial charge in [0.05, 0.1) is 6.54 Å². The van der Waals surface area contributed by atoms with E-state index in [0.29, 0.717) is 19.0 Å². The van der Waals surface area contributed by atoms with Crippen molar-refractivity contribution >= 4 is 5.91 Å². The van der Waals surface area contributed by atoms with Crippen LogP contribution in [-0.2, 0) is 17.8 Å². The molecular formula is C13H23N5O2. The zero-order valence-corrected chi connectivity index (χ0v) is 12.2. The SMILES string of the molecule is CCCCc1noc(CN2CCNCC2C(=O)NC)n1. The molecule has 1 unspecified atom stereocenters. The van der Waals surface area contributed by atoms with Gasteiger partial charge in [0.25, 0.3) is 0 Å². The molecule has 0 spiro atoms. The van der Waals surface area contributed by atoms with Crippen LogP contribution in [0.1, 0.15) is 31.5 Å². The molecule has 1 amide bonds. The minimum absolute atomic E-state index is 0.0166. The summed E-state index contributed by atoms with van der Waals surface area (Å²) in [5, 5.41) is 9.91.